The van der Waals surface area contributed by atoms with Crippen molar-refractivity contribution >= 4 is 17.5 Å². The number of rotatable bonds is 4. The fraction of sp³-hybridized carbons (Fsp3) is 0.235. The monoisotopic (exact) mass is 349 g/mol. The van der Waals surface area contributed by atoms with Crippen LogP contribution in [0.1, 0.15) is 39.1 Å². The molecule has 1 fully saturated rings. The lowest BCUT2D eigenvalue weighted by molar-refractivity contribution is -0.136. The Morgan fingerprint density at radius 2 is 1.68 bits per heavy atom. The van der Waals surface area contributed by atoms with E-state index in [0.29, 0.717) is 0 Å². The molecule has 1 saturated carbocycles. The van der Waals surface area contributed by atoms with Crippen LogP contribution < -0.4 is 10.6 Å². The Morgan fingerprint density at radius 3 is 2.32 bits per heavy atom. The largest absolute Gasteiger partial charge is 0.418 e. The normalized spacial score (nSPS) is 14.0. The topological polar surface area (TPSA) is 71.1 Å². The van der Waals surface area contributed by atoms with Gasteiger partial charge in [0, 0.05) is 18.4 Å². The number of aromatic nitrogens is 1. The van der Waals surface area contributed by atoms with Crippen LogP contribution in [0.25, 0.3) is 0 Å². The third-order valence-electron chi connectivity index (χ3n) is 3.66. The molecule has 0 saturated heterocycles. The fourth-order valence-corrected chi connectivity index (χ4v) is 2.22. The molecular weight excluding hydrogens is 335 g/mol. The smallest absolute Gasteiger partial charge is 0.349 e. The van der Waals surface area contributed by atoms with Gasteiger partial charge in [-0.2, -0.15) is 13.2 Å². The molecule has 2 N–H and O–H groups in total. The minimum Gasteiger partial charge on any atom is -0.349 e. The number of halogens is 3. The van der Waals surface area contributed by atoms with Crippen LogP contribution in [0.3, 0.4) is 0 Å². The summed E-state index contributed by atoms with van der Waals surface area (Å²) in [5.74, 6) is -1.13. The van der Waals surface area contributed by atoms with Gasteiger partial charge < -0.3 is 10.6 Å². The van der Waals surface area contributed by atoms with Crippen LogP contribution >= 0.6 is 0 Å². The molecular formula is C17H14F3N3O2. The highest BCUT2D eigenvalue weighted by atomic mass is 19.4. The van der Waals surface area contributed by atoms with Crippen LogP contribution in [0, 0.1) is 0 Å². The molecule has 0 atom stereocenters. The van der Waals surface area contributed by atoms with Crippen molar-refractivity contribution in [1.82, 2.24) is 10.3 Å². The number of amides is 2. The van der Waals surface area contributed by atoms with Gasteiger partial charge in [0.25, 0.3) is 11.8 Å². The van der Waals surface area contributed by atoms with Crippen LogP contribution in [0.5, 0.6) is 0 Å². The van der Waals surface area contributed by atoms with Crippen LogP contribution in [0.15, 0.2) is 42.7 Å². The van der Waals surface area contributed by atoms with E-state index in [1.807, 2.05) is 0 Å². The van der Waals surface area contributed by atoms with E-state index >= 15 is 0 Å². The zero-order valence-corrected chi connectivity index (χ0v) is 12.9. The Balaban J connectivity index is 1.79. The van der Waals surface area contributed by atoms with Gasteiger partial charge in [0.05, 0.1) is 22.4 Å². The van der Waals surface area contributed by atoms with Crippen molar-refractivity contribution in [2.24, 2.45) is 0 Å². The van der Waals surface area contributed by atoms with E-state index in [1.54, 1.807) is 0 Å². The molecule has 0 unspecified atom stereocenters. The SMILES string of the molecule is O=C(Nc1ccccc1C(F)(F)F)c1cncc(C(=O)NC2CC2)c1. The van der Waals surface area contributed by atoms with Gasteiger partial charge in [-0.05, 0) is 31.0 Å². The first kappa shape index (κ1) is 16.9. The van der Waals surface area contributed by atoms with Gasteiger partial charge in [-0.25, -0.2) is 0 Å². The lowest BCUT2D eigenvalue weighted by atomic mass is 10.1. The maximum atomic E-state index is 13.0. The number of pyridine rings is 1. The van der Waals surface area contributed by atoms with Crippen molar-refractivity contribution in [2.75, 3.05) is 5.32 Å². The summed E-state index contributed by atoms with van der Waals surface area (Å²) in [6, 6.07) is 6.12. The van der Waals surface area contributed by atoms with Crippen molar-refractivity contribution in [3.63, 3.8) is 0 Å². The zero-order valence-electron chi connectivity index (χ0n) is 12.9. The lowest BCUT2D eigenvalue weighted by Crippen LogP contribution is -2.26. The molecule has 5 nitrogen and oxygen atoms in total. The third kappa shape index (κ3) is 4.14. The van der Waals surface area contributed by atoms with Gasteiger partial charge in [0.2, 0.25) is 0 Å². The molecule has 8 heteroatoms. The standard InChI is InChI=1S/C17H14F3N3O2/c18-17(19,20)13-3-1-2-4-14(13)23-16(25)11-7-10(8-21-9-11)15(24)22-12-5-6-12/h1-4,7-9,12H,5-6H2,(H,22,24)(H,23,25). The number of nitrogens with zero attached hydrogens (tertiary/aromatic N) is 1. The van der Waals surface area contributed by atoms with Crippen LogP contribution in [0.2, 0.25) is 0 Å². The van der Waals surface area contributed by atoms with Gasteiger partial charge >= 0.3 is 6.18 Å². The number of hydrogen-bond acceptors (Lipinski definition) is 3. The molecule has 130 valence electrons. The molecule has 1 aliphatic carbocycles. The number of benzene rings is 1. The Hall–Kier alpha value is -2.90. The lowest BCUT2D eigenvalue weighted by Gasteiger charge is -2.13. The van der Waals surface area contributed by atoms with Crippen molar-refractivity contribution in [3.05, 3.63) is 59.4 Å². The summed E-state index contributed by atoms with van der Waals surface area (Å²) < 4.78 is 38.9. The number of alkyl halides is 3. The first-order valence-corrected chi connectivity index (χ1v) is 7.58. The summed E-state index contributed by atoms with van der Waals surface area (Å²) in [7, 11) is 0. The second-order valence-corrected chi connectivity index (χ2v) is 5.71. The minimum atomic E-state index is -4.59. The summed E-state index contributed by atoms with van der Waals surface area (Å²) in [4.78, 5) is 28.1. The molecule has 3 rings (SSSR count). The van der Waals surface area contributed by atoms with Crippen molar-refractivity contribution in [2.45, 2.75) is 25.1 Å². The average molecular weight is 349 g/mol. The zero-order chi connectivity index (χ0) is 18.0. The molecule has 1 aromatic heterocycles. The number of hydrogen-bond donors (Lipinski definition) is 2. The second kappa shape index (κ2) is 6.54. The number of anilines is 1. The number of nitrogens with one attached hydrogen (secondary N) is 2. The van der Waals surface area contributed by atoms with E-state index in [2.05, 4.69) is 15.6 Å². The van der Waals surface area contributed by atoms with Crippen molar-refractivity contribution < 1.29 is 22.8 Å². The summed E-state index contributed by atoms with van der Waals surface area (Å²) in [5.41, 5.74) is -1.11. The van der Waals surface area contributed by atoms with Gasteiger partial charge in [-0.1, -0.05) is 12.1 Å². The average Bonchev–Trinajstić information content (AvgIpc) is 3.38. The maximum absolute atomic E-state index is 13.0. The second-order valence-electron chi connectivity index (χ2n) is 5.71. The van der Waals surface area contributed by atoms with E-state index in [9.17, 15) is 22.8 Å². The first-order valence-electron chi connectivity index (χ1n) is 7.58. The van der Waals surface area contributed by atoms with Gasteiger partial charge in [0.15, 0.2) is 0 Å². The predicted octanol–water partition coefficient (Wildman–Crippen LogP) is 3.24. The summed E-state index contributed by atoms with van der Waals surface area (Å²) in [6.45, 7) is 0. The highest BCUT2D eigenvalue weighted by Crippen LogP contribution is 2.34. The third-order valence-corrected chi connectivity index (χ3v) is 3.66. The number of para-hydroxylation sites is 1. The molecule has 0 bridgehead atoms. The molecule has 2 amide bonds. The molecule has 0 spiro atoms. The van der Waals surface area contributed by atoms with Gasteiger partial charge in [-0.15, -0.1) is 0 Å². The maximum Gasteiger partial charge on any atom is 0.418 e. The highest BCUT2D eigenvalue weighted by molar-refractivity contribution is 6.06. The molecule has 1 aromatic carbocycles. The van der Waals surface area contributed by atoms with Crippen molar-refractivity contribution in [3.8, 4) is 0 Å². The van der Waals surface area contributed by atoms with E-state index in [0.717, 1.165) is 25.0 Å². The Labute approximate surface area is 141 Å². The van der Waals surface area contributed by atoms with E-state index in [1.165, 1.54) is 30.6 Å². The molecule has 0 radical (unpaired) electrons. The summed E-state index contributed by atoms with van der Waals surface area (Å²) >= 11 is 0. The molecule has 25 heavy (non-hydrogen) atoms. The number of carbonyl (C=O) groups excluding carboxylic acids is 2. The molecule has 1 aliphatic rings. The predicted molar refractivity (Wildman–Crippen MR) is 84.1 cm³/mol. The van der Waals surface area contributed by atoms with E-state index in [4.69, 9.17) is 0 Å². The fourth-order valence-electron chi connectivity index (χ4n) is 2.22. The Morgan fingerprint density at radius 1 is 1.04 bits per heavy atom. The summed E-state index contributed by atoms with van der Waals surface area (Å²) in [5, 5.41) is 4.98. The van der Waals surface area contributed by atoms with Crippen LogP contribution in [-0.4, -0.2) is 22.8 Å². The Bertz CT molecular complexity index is 817. The van der Waals surface area contributed by atoms with Crippen LogP contribution in [0.4, 0.5) is 18.9 Å². The first-order chi connectivity index (χ1) is 11.8. The molecule has 2 aromatic rings. The minimum absolute atomic E-state index is 0.000393. The number of carbonyl (C=O) groups is 2. The van der Waals surface area contributed by atoms with E-state index < -0.39 is 17.6 Å². The quantitative estimate of drug-likeness (QED) is 0.890. The summed E-state index contributed by atoms with van der Waals surface area (Å²) in [6.07, 6.45) is -0.271. The molecule has 0 aliphatic heterocycles. The van der Waals surface area contributed by atoms with Gasteiger partial charge in [0.1, 0.15) is 0 Å². The van der Waals surface area contributed by atoms with Crippen molar-refractivity contribution in [1.29, 1.82) is 0 Å². The highest BCUT2D eigenvalue weighted by Gasteiger charge is 2.33. The Kier molecular flexibility index (Phi) is 4.43. The molecule has 1 heterocycles. The van der Waals surface area contributed by atoms with Gasteiger partial charge in [-0.3, -0.25) is 14.6 Å². The van der Waals surface area contributed by atoms with Crippen LogP contribution in [-0.2, 0) is 6.18 Å². The van der Waals surface area contributed by atoms with E-state index in [-0.39, 0.29) is 28.8 Å².